The van der Waals surface area contributed by atoms with Gasteiger partial charge in [0.25, 0.3) is 0 Å². The molecule has 4 nitrogen and oxygen atoms in total. The number of para-hydroxylation sites is 1. The third kappa shape index (κ3) is 3.10. The largest absolute Gasteiger partial charge is 0.492 e. The molecule has 1 rings (SSSR count). The lowest BCUT2D eigenvalue weighted by Gasteiger charge is -2.14. The van der Waals surface area contributed by atoms with E-state index in [9.17, 15) is 10.0 Å². The van der Waals surface area contributed by atoms with Crippen LogP contribution in [0.3, 0.4) is 0 Å². The Labute approximate surface area is 95.3 Å². The molecule has 1 aromatic rings. The topological polar surface area (TPSA) is 58.9 Å². The lowest BCUT2D eigenvalue weighted by molar-refractivity contribution is 0.0511. The van der Waals surface area contributed by atoms with Crippen LogP contribution >= 0.6 is 0 Å². The van der Waals surface area contributed by atoms with Crippen LogP contribution in [-0.2, 0) is 11.2 Å². The van der Waals surface area contributed by atoms with Crippen molar-refractivity contribution in [1.29, 1.82) is 0 Å². The summed E-state index contributed by atoms with van der Waals surface area (Å²) in [5.41, 5.74) is 1.18. The molecule has 2 N–H and O–H groups in total. The highest BCUT2D eigenvalue weighted by Crippen LogP contribution is 2.17. The molecular weight excluding hydrogens is 207 g/mol. The number of hydrogen-bond acceptors (Lipinski definition) is 4. The van der Waals surface area contributed by atoms with E-state index in [0.717, 1.165) is 5.56 Å². The molecule has 0 aliphatic carbocycles. The second-order valence-corrected chi connectivity index (χ2v) is 3.25. The third-order valence-corrected chi connectivity index (χ3v) is 2.09. The SMILES string of the molecule is C=CCc1cccc(B(O)O)c1OCOC. The van der Waals surface area contributed by atoms with Gasteiger partial charge in [-0.1, -0.05) is 24.3 Å². The Balaban J connectivity index is 3.06. The van der Waals surface area contributed by atoms with Gasteiger partial charge >= 0.3 is 7.12 Å². The summed E-state index contributed by atoms with van der Waals surface area (Å²) >= 11 is 0. The molecule has 0 radical (unpaired) electrons. The molecule has 0 saturated heterocycles. The summed E-state index contributed by atoms with van der Waals surface area (Å²) in [6.07, 6.45) is 2.32. The molecule has 16 heavy (non-hydrogen) atoms. The maximum atomic E-state index is 9.21. The first-order chi connectivity index (χ1) is 7.70. The number of hydrogen-bond donors (Lipinski definition) is 2. The third-order valence-electron chi connectivity index (χ3n) is 2.09. The molecule has 0 aromatic heterocycles. The molecule has 5 heteroatoms. The highest BCUT2D eigenvalue weighted by Gasteiger charge is 2.19. The Hall–Kier alpha value is -1.30. The quantitative estimate of drug-likeness (QED) is 0.406. The van der Waals surface area contributed by atoms with Gasteiger partial charge in [-0.2, -0.15) is 0 Å². The predicted octanol–water partition coefficient (Wildman–Crippen LogP) is 0.0776. The zero-order valence-electron chi connectivity index (χ0n) is 9.22. The average Bonchev–Trinajstić information content (AvgIpc) is 2.27. The van der Waals surface area contributed by atoms with E-state index in [1.54, 1.807) is 18.2 Å². The van der Waals surface area contributed by atoms with Gasteiger partial charge in [0.05, 0.1) is 0 Å². The molecule has 0 spiro atoms. The van der Waals surface area contributed by atoms with Crippen molar-refractivity contribution in [2.75, 3.05) is 13.9 Å². The van der Waals surface area contributed by atoms with Gasteiger partial charge in [0, 0.05) is 12.6 Å². The van der Waals surface area contributed by atoms with Gasteiger partial charge in [-0.05, 0) is 12.0 Å². The molecule has 1 aromatic carbocycles. The number of methoxy groups -OCH3 is 1. The zero-order valence-corrected chi connectivity index (χ0v) is 9.22. The summed E-state index contributed by atoms with van der Waals surface area (Å²) in [7, 11) is -0.0536. The van der Waals surface area contributed by atoms with Crippen LogP contribution in [0.4, 0.5) is 0 Å². The van der Waals surface area contributed by atoms with E-state index in [-0.39, 0.29) is 6.79 Å². The fourth-order valence-electron chi connectivity index (χ4n) is 1.42. The van der Waals surface area contributed by atoms with Gasteiger partial charge < -0.3 is 19.5 Å². The van der Waals surface area contributed by atoms with Crippen molar-refractivity contribution in [3.8, 4) is 5.75 Å². The van der Waals surface area contributed by atoms with Crippen LogP contribution < -0.4 is 10.2 Å². The van der Waals surface area contributed by atoms with Crippen molar-refractivity contribution < 1.29 is 19.5 Å². The molecule has 0 unspecified atom stereocenters. The lowest BCUT2D eigenvalue weighted by atomic mass is 9.78. The summed E-state index contributed by atoms with van der Waals surface area (Å²) in [4.78, 5) is 0. The first kappa shape index (κ1) is 12.8. The minimum Gasteiger partial charge on any atom is -0.468 e. The summed E-state index contributed by atoms with van der Waals surface area (Å²) in [6, 6.07) is 5.19. The molecule has 0 fully saturated rings. The number of ether oxygens (including phenoxy) is 2. The lowest BCUT2D eigenvalue weighted by Crippen LogP contribution is -2.32. The van der Waals surface area contributed by atoms with Gasteiger partial charge in [0.1, 0.15) is 5.75 Å². The fraction of sp³-hybridized carbons (Fsp3) is 0.273. The normalized spacial score (nSPS) is 9.94. The Morgan fingerprint density at radius 2 is 2.19 bits per heavy atom. The Bertz CT molecular complexity index is 352. The van der Waals surface area contributed by atoms with Crippen LogP contribution in [0.25, 0.3) is 0 Å². The molecule has 0 atom stereocenters. The van der Waals surface area contributed by atoms with Gasteiger partial charge in [-0.25, -0.2) is 0 Å². The molecule has 0 saturated carbocycles. The number of rotatable bonds is 6. The Morgan fingerprint density at radius 3 is 2.75 bits per heavy atom. The molecule has 86 valence electrons. The number of allylic oxidation sites excluding steroid dienone is 1. The van der Waals surface area contributed by atoms with Crippen LogP contribution in [0, 0.1) is 0 Å². The highest BCUT2D eigenvalue weighted by atomic mass is 16.7. The van der Waals surface area contributed by atoms with Gasteiger partial charge in [-0.15, -0.1) is 6.58 Å². The smallest absolute Gasteiger partial charge is 0.468 e. The Morgan fingerprint density at radius 1 is 1.44 bits per heavy atom. The fourth-order valence-corrected chi connectivity index (χ4v) is 1.42. The van der Waals surface area contributed by atoms with E-state index in [1.807, 2.05) is 6.07 Å². The first-order valence-corrected chi connectivity index (χ1v) is 4.91. The summed E-state index contributed by atoms with van der Waals surface area (Å²) in [5, 5.41) is 18.4. The maximum absolute atomic E-state index is 9.21. The number of benzene rings is 1. The second kappa shape index (κ2) is 6.32. The van der Waals surface area contributed by atoms with Crippen molar-refractivity contribution in [1.82, 2.24) is 0 Å². The van der Waals surface area contributed by atoms with E-state index >= 15 is 0 Å². The van der Waals surface area contributed by atoms with Crippen molar-refractivity contribution >= 4 is 12.6 Å². The molecule has 0 aliphatic rings. The molecule has 0 amide bonds. The van der Waals surface area contributed by atoms with Crippen LogP contribution in [0.1, 0.15) is 5.56 Å². The Kier molecular flexibility index (Phi) is 5.05. The van der Waals surface area contributed by atoms with E-state index < -0.39 is 7.12 Å². The molecule has 0 heterocycles. The van der Waals surface area contributed by atoms with Crippen LogP contribution in [-0.4, -0.2) is 31.1 Å². The highest BCUT2D eigenvalue weighted by molar-refractivity contribution is 6.59. The van der Waals surface area contributed by atoms with Gasteiger partial charge in [0.15, 0.2) is 6.79 Å². The van der Waals surface area contributed by atoms with E-state index in [4.69, 9.17) is 9.47 Å². The van der Waals surface area contributed by atoms with Crippen molar-refractivity contribution in [3.63, 3.8) is 0 Å². The minimum atomic E-state index is -1.56. The van der Waals surface area contributed by atoms with Crippen molar-refractivity contribution in [2.45, 2.75) is 6.42 Å². The summed E-state index contributed by atoms with van der Waals surface area (Å²) < 4.78 is 10.1. The van der Waals surface area contributed by atoms with E-state index in [2.05, 4.69) is 6.58 Å². The first-order valence-electron chi connectivity index (χ1n) is 4.91. The molecule has 0 bridgehead atoms. The van der Waals surface area contributed by atoms with Crippen LogP contribution in [0.2, 0.25) is 0 Å². The van der Waals surface area contributed by atoms with Gasteiger partial charge in [-0.3, -0.25) is 0 Å². The van der Waals surface area contributed by atoms with Crippen LogP contribution in [0.5, 0.6) is 5.75 Å². The standard InChI is InChI=1S/C11H15BO4/c1-3-5-9-6-4-7-10(12(13)14)11(9)16-8-15-2/h3-4,6-7,13-14H,1,5,8H2,2H3. The van der Waals surface area contributed by atoms with Crippen LogP contribution in [0.15, 0.2) is 30.9 Å². The van der Waals surface area contributed by atoms with Crippen molar-refractivity contribution in [3.05, 3.63) is 36.4 Å². The summed E-state index contributed by atoms with van der Waals surface area (Å²) in [5.74, 6) is 0.444. The maximum Gasteiger partial charge on any atom is 0.492 e. The predicted molar refractivity (Wildman–Crippen MR) is 62.7 cm³/mol. The average molecular weight is 222 g/mol. The zero-order chi connectivity index (χ0) is 12.0. The summed E-state index contributed by atoms with van der Waals surface area (Å²) in [6.45, 7) is 3.70. The molecule has 0 aliphatic heterocycles. The molecular formula is C11H15BO4. The monoisotopic (exact) mass is 222 g/mol. The van der Waals surface area contributed by atoms with E-state index in [1.165, 1.54) is 7.11 Å². The second-order valence-electron chi connectivity index (χ2n) is 3.25. The van der Waals surface area contributed by atoms with Crippen molar-refractivity contribution in [2.24, 2.45) is 0 Å². The van der Waals surface area contributed by atoms with E-state index in [0.29, 0.717) is 17.6 Å². The van der Waals surface area contributed by atoms with Gasteiger partial charge in [0.2, 0.25) is 0 Å². The minimum absolute atomic E-state index is 0.0634.